The van der Waals surface area contributed by atoms with Gasteiger partial charge in [0, 0.05) is 13.2 Å². The monoisotopic (exact) mass is 310 g/mol. The van der Waals surface area contributed by atoms with Gasteiger partial charge >= 0.3 is 12.1 Å². The third-order valence-corrected chi connectivity index (χ3v) is 3.87. The number of carboxylic acids is 1. The van der Waals surface area contributed by atoms with Crippen LogP contribution in [0.1, 0.15) is 28.2 Å². The number of nitrogens with zero attached hydrogens (tertiary/aromatic N) is 2. The predicted octanol–water partition coefficient (Wildman–Crippen LogP) is 2.52. The molecule has 0 radical (unpaired) electrons. The molecule has 1 saturated carbocycles. The maximum absolute atomic E-state index is 12.6. The highest BCUT2D eigenvalue weighted by molar-refractivity contribution is 7.17. The molecule has 1 aromatic heterocycles. The molecule has 1 fully saturated rings. The van der Waals surface area contributed by atoms with Crippen LogP contribution in [-0.2, 0) is 11.3 Å². The lowest BCUT2D eigenvalue weighted by Crippen LogP contribution is -2.35. The average Bonchev–Trinajstić information content (AvgIpc) is 3.06. The van der Waals surface area contributed by atoms with Crippen LogP contribution in [0.2, 0.25) is 0 Å². The molecule has 1 aliphatic rings. The summed E-state index contributed by atoms with van der Waals surface area (Å²) in [7, 11) is 1.37. The minimum absolute atomic E-state index is 0.0390. The Morgan fingerprint density at radius 2 is 2.20 bits per heavy atom. The molecule has 112 valence electrons. The summed E-state index contributed by atoms with van der Waals surface area (Å²) in [5.41, 5.74) is 0.160. The molecule has 2 rings (SSSR count). The molecule has 1 N–H and O–H groups in total. The molecular formula is C11H13F3N2O3S. The number of aromatic nitrogens is 1. The maximum atomic E-state index is 12.6. The zero-order valence-electron chi connectivity index (χ0n) is 10.6. The van der Waals surface area contributed by atoms with Gasteiger partial charge in [-0.25, -0.2) is 9.78 Å². The van der Waals surface area contributed by atoms with E-state index in [9.17, 15) is 18.0 Å². The zero-order chi connectivity index (χ0) is 14.9. The fourth-order valence-corrected chi connectivity index (χ4v) is 2.77. The number of aromatic carboxylic acids is 1. The number of hydrogen-bond acceptors (Lipinski definition) is 5. The molecule has 0 aliphatic heterocycles. The molecule has 0 saturated heterocycles. The summed E-state index contributed by atoms with van der Waals surface area (Å²) in [6.07, 6.45) is -3.02. The first-order valence-corrected chi connectivity index (χ1v) is 6.69. The Bertz CT molecular complexity index is 500. The number of thiazole rings is 1. The zero-order valence-corrected chi connectivity index (χ0v) is 11.4. The third kappa shape index (κ3) is 3.60. The van der Waals surface area contributed by atoms with Crippen LogP contribution in [0.4, 0.5) is 18.3 Å². The quantitative estimate of drug-likeness (QED) is 0.875. The number of methoxy groups -OCH3 is 1. The first-order valence-electron chi connectivity index (χ1n) is 5.87. The summed E-state index contributed by atoms with van der Waals surface area (Å²) >= 11 is 0.760. The highest BCUT2D eigenvalue weighted by Gasteiger charge is 2.40. The minimum atomic E-state index is -4.35. The third-order valence-electron chi connectivity index (χ3n) is 2.74. The van der Waals surface area contributed by atoms with Crippen molar-refractivity contribution in [3.8, 4) is 0 Å². The van der Waals surface area contributed by atoms with E-state index in [4.69, 9.17) is 9.84 Å². The van der Waals surface area contributed by atoms with Crippen molar-refractivity contribution in [2.75, 3.05) is 18.6 Å². The average molecular weight is 310 g/mol. The Morgan fingerprint density at radius 1 is 1.55 bits per heavy atom. The van der Waals surface area contributed by atoms with E-state index in [2.05, 4.69) is 4.98 Å². The number of halogens is 3. The van der Waals surface area contributed by atoms with Gasteiger partial charge in [0.15, 0.2) is 5.13 Å². The van der Waals surface area contributed by atoms with Crippen molar-refractivity contribution in [1.29, 1.82) is 0 Å². The lowest BCUT2D eigenvalue weighted by molar-refractivity contribution is -0.120. The van der Waals surface area contributed by atoms with Gasteiger partial charge in [0.25, 0.3) is 0 Å². The smallest absolute Gasteiger partial charge is 0.406 e. The van der Waals surface area contributed by atoms with E-state index in [1.807, 2.05) is 0 Å². The molecule has 0 atom stereocenters. The predicted molar refractivity (Wildman–Crippen MR) is 66.2 cm³/mol. The Balaban J connectivity index is 2.29. The van der Waals surface area contributed by atoms with E-state index in [1.54, 1.807) is 0 Å². The highest BCUT2D eigenvalue weighted by Crippen LogP contribution is 2.37. The maximum Gasteiger partial charge on any atom is 0.406 e. The van der Waals surface area contributed by atoms with Gasteiger partial charge in [0.2, 0.25) is 0 Å². The molecule has 0 aromatic carbocycles. The van der Waals surface area contributed by atoms with E-state index in [-0.39, 0.29) is 28.4 Å². The molecule has 0 spiro atoms. The number of alkyl halides is 3. The highest BCUT2D eigenvalue weighted by atomic mass is 32.1. The van der Waals surface area contributed by atoms with Gasteiger partial charge in [0.1, 0.15) is 11.4 Å². The summed E-state index contributed by atoms with van der Waals surface area (Å²) in [5.74, 6) is -1.21. The standard InChI is InChI=1S/C11H13F3N2O3S/c1-19-4-7-8(9(17)18)20-10(15-7)16(6-2-3-6)5-11(12,13)14/h6H,2-5H2,1H3,(H,17,18). The summed E-state index contributed by atoms with van der Waals surface area (Å²) in [6.45, 7) is -1.15. The van der Waals surface area contributed by atoms with Crippen LogP contribution in [0.3, 0.4) is 0 Å². The van der Waals surface area contributed by atoms with Gasteiger partial charge in [0.05, 0.1) is 12.3 Å². The minimum Gasteiger partial charge on any atom is -0.477 e. The summed E-state index contributed by atoms with van der Waals surface area (Å²) in [6, 6.07) is -0.209. The molecule has 1 aromatic rings. The summed E-state index contributed by atoms with van der Waals surface area (Å²) < 4.78 is 42.6. The van der Waals surface area contributed by atoms with Crippen LogP contribution < -0.4 is 4.90 Å². The molecule has 0 bridgehead atoms. The van der Waals surface area contributed by atoms with E-state index in [0.717, 1.165) is 16.2 Å². The molecule has 0 amide bonds. The van der Waals surface area contributed by atoms with Gasteiger partial charge in [-0.3, -0.25) is 0 Å². The first kappa shape index (κ1) is 15.0. The second kappa shape index (κ2) is 5.57. The van der Waals surface area contributed by atoms with Crippen molar-refractivity contribution in [1.82, 2.24) is 4.98 Å². The number of anilines is 1. The molecule has 0 unspecified atom stereocenters. The largest absolute Gasteiger partial charge is 0.477 e. The van der Waals surface area contributed by atoms with Crippen LogP contribution in [0.25, 0.3) is 0 Å². The normalized spacial score (nSPS) is 15.4. The van der Waals surface area contributed by atoms with Gasteiger partial charge in [-0.15, -0.1) is 0 Å². The van der Waals surface area contributed by atoms with Crippen LogP contribution in [-0.4, -0.2) is 41.9 Å². The molecule has 1 heterocycles. The van der Waals surface area contributed by atoms with E-state index in [0.29, 0.717) is 12.8 Å². The SMILES string of the molecule is COCc1nc(N(CC(F)(F)F)C2CC2)sc1C(=O)O. The molecule has 20 heavy (non-hydrogen) atoms. The molecular weight excluding hydrogens is 297 g/mol. The van der Waals surface area contributed by atoms with Crippen LogP contribution >= 0.6 is 11.3 Å². The van der Waals surface area contributed by atoms with Gasteiger partial charge in [-0.2, -0.15) is 13.2 Å². The Kier molecular flexibility index (Phi) is 4.19. The molecule has 5 nitrogen and oxygen atoms in total. The Morgan fingerprint density at radius 3 is 2.65 bits per heavy atom. The topological polar surface area (TPSA) is 62.7 Å². The lowest BCUT2D eigenvalue weighted by atomic mass is 10.4. The van der Waals surface area contributed by atoms with Crippen molar-refractivity contribution in [3.63, 3.8) is 0 Å². The van der Waals surface area contributed by atoms with Gasteiger partial charge in [-0.05, 0) is 12.8 Å². The van der Waals surface area contributed by atoms with Gasteiger partial charge in [-0.1, -0.05) is 11.3 Å². The molecule has 9 heteroatoms. The van der Waals surface area contributed by atoms with Crippen molar-refractivity contribution in [2.24, 2.45) is 0 Å². The number of rotatable bonds is 6. The van der Waals surface area contributed by atoms with Crippen LogP contribution in [0.5, 0.6) is 0 Å². The Labute approximate surface area is 117 Å². The van der Waals surface area contributed by atoms with E-state index < -0.39 is 18.7 Å². The van der Waals surface area contributed by atoms with Crippen LogP contribution in [0.15, 0.2) is 0 Å². The van der Waals surface area contributed by atoms with Crippen molar-refractivity contribution < 1.29 is 27.8 Å². The van der Waals surface area contributed by atoms with E-state index in [1.165, 1.54) is 7.11 Å². The number of carbonyl (C=O) groups is 1. The summed E-state index contributed by atoms with van der Waals surface area (Å²) in [4.78, 5) is 16.1. The molecule has 1 aliphatic carbocycles. The lowest BCUT2D eigenvalue weighted by Gasteiger charge is -2.22. The van der Waals surface area contributed by atoms with Crippen molar-refractivity contribution in [3.05, 3.63) is 10.6 Å². The second-order valence-electron chi connectivity index (χ2n) is 4.48. The number of carboxylic acid groups (broad SMARTS) is 1. The number of hydrogen-bond donors (Lipinski definition) is 1. The first-order chi connectivity index (χ1) is 9.31. The van der Waals surface area contributed by atoms with Gasteiger partial charge < -0.3 is 14.7 Å². The second-order valence-corrected chi connectivity index (χ2v) is 5.46. The van der Waals surface area contributed by atoms with Crippen molar-refractivity contribution in [2.45, 2.75) is 31.7 Å². The van der Waals surface area contributed by atoms with E-state index >= 15 is 0 Å². The summed E-state index contributed by atoms with van der Waals surface area (Å²) in [5, 5.41) is 9.14. The van der Waals surface area contributed by atoms with Crippen molar-refractivity contribution >= 4 is 22.4 Å². The number of ether oxygens (including phenoxy) is 1. The fourth-order valence-electron chi connectivity index (χ4n) is 1.80. The Hall–Kier alpha value is -1.35. The fraction of sp³-hybridized carbons (Fsp3) is 0.636. The van der Waals surface area contributed by atoms with Crippen LogP contribution in [0, 0.1) is 0 Å².